The van der Waals surface area contributed by atoms with Crippen molar-refractivity contribution in [1.29, 1.82) is 0 Å². The zero-order chi connectivity index (χ0) is 11.7. The molecule has 1 aliphatic rings. The number of hydrogen-bond acceptors (Lipinski definition) is 2. The fraction of sp³-hybridized carbons (Fsp3) is 0.308. The summed E-state index contributed by atoms with van der Waals surface area (Å²) < 4.78 is 0. The van der Waals surface area contributed by atoms with E-state index < -0.39 is 0 Å². The van der Waals surface area contributed by atoms with Gasteiger partial charge in [0.15, 0.2) is 0 Å². The van der Waals surface area contributed by atoms with Crippen molar-refractivity contribution in [1.82, 2.24) is 10.2 Å². The van der Waals surface area contributed by atoms with Crippen molar-refractivity contribution >= 4 is 12.0 Å². The molecule has 0 spiro atoms. The van der Waals surface area contributed by atoms with Crippen molar-refractivity contribution < 1.29 is 4.79 Å². The Balaban J connectivity index is 2.53. The zero-order valence-corrected chi connectivity index (χ0v) is 9.71. The van der Waals surface area contributed by atoms with Crippen molar-refractivity contribution in [3.05, 3.63) is 41.0 Å². The van der Waals surface area contributed by atoms with E-state index in [0.29, 0.717) is 6.54 Å². The van der Waals surface area contributed by atoms with Gasteiger partial charge in [-0.2, -0.15) is 0 Å². The van der Waals surface area contributed by atoms with Crippen LogP contribution < -0.4 is 5.32 Å². The Bertz CT molecular complexity index is 451. The van der Waals surface area contributed by atoms with Gasteiger partial charge in [-0.3, -0.25) is 4.79 Å². The van der Waals surface area contributed by atoms with Crippen LogP contribution in [0.2, 0.25) is 0 Å². The second-order valence-electron chi connectivity index (χ2n) is 4.11. The lowest BCUT2D eigenvalue weighted by Gasteiger charge is -2.06. The molecule has 84 valence electrons. The van der Waals surface area contributed by atoms with Crippen LogP contribution >= 0.6 is 0 Å². The summed E-state index contributed by atoms with van der Waals surface area (Å²) in [5, 5.41) is 3.09. The molecular weight excluding hydrogens is 200 g/mol. The van der Waals surface area contributed by atoms with E-state index in [0.717, 1.165) is 28.8 Å². The minimum absolute atomic E-state index is 0.107. The van der Waals surface area contributed by atoms with E-state index in [4.69, 9.17) is 0 Å². The highest BCUT2D eigenvalue weighted by atomic mass is 16.2. The quantitative estimate of drug-likeness (QED) is 0.833. The summed E-state index contributed by atoms with van der Waals surface area (Å²) >= 11 is 0. The number of nitrogens with zero attached hydrogens (tertiary/aromatic N) is 1. The highest BCUT2D eigenvalue weighted by Gasteiger charge is 2.26. The average molecular weight is 216 g/mol. The number of hydrogen-bond donors (Lipinski definition) is 1. The number of fused-ring (bicyclic) bond motifs is 1. The predicted octanol–water partition coefficient (Wildman–Crippen LogP) is 1.63. The van der Waals surface area contributed by atoms with E-state index in [1.54, 1.807) is 4.90 Å². The Hall–Kier alpha value is -1.61. The summed E-state index contributed by atoms with van der Waals surface area (Å²) in [6, 6.07) is 4.07. The molecule has 0 aliphatic carbocycles. The number of rotatable bonds is 3. The lowest BCUT2D eigenvalue weighted by atomic mass is 9.99. The minimum Gasteiger partial charge on any atom is -0.337 e. The van der Waals surface area contributed by atoms with Crippen molar-refractivity contribution in [2.24, 2.45) is 0 Å². The first kappa shape index (κ1) is 10.9. The molecule has 0 bridgehead atoms. The van der Waals surface area contributed by atoms with Gasteiger partial charge in [-0.15, -0.1) is 0 Å². The van der Waals surface area contributed by atoms with E-state index >= 15 is 0 Å². The average Bonchev–Trinajstić information content (AvgIpc) is 2.56. The van der Waals surface area contributed by atoms with Crippen LogP contribution in [0.4, 0.5) is 0 Å². The third kappa shape index (κ3) is 1.63. The molecular formula is C13H16N2O. The fourth-order valence-corrected chi connectivity index (χ4v) is 2.13. The molecule has 0 radical (unpaired) electrons. The number of benzene rings is 1. The van der Waals surface area contributed by atoms with Gasteiger partial charge in [-0.05, 0) is 29.8 Å². The highest BCUT2D eigenvalue weighted by Crippen LogP contribution is 2.27. The normalized spacial score (nSPS) is 14.1. The molecule has 0 saturated carbocycles. The van der Waals surface area contributed by atoms with Gasteiger partial charge in [0, 0.05) is 25.7 Å². The fourth-order valence-electron chi connectivity index (χ4n) is 2.13. The molecule has 1 aromatic carbocycles. The summed E-state index contributed by atoms with van der Waals surface area (Å²) in [6.07, 6.45) is 1.82. The molecule has 0 unspecified atom stereocenters. The Kier molecular flexibility index (Phi) is 2.79. The van der Waals surface area contributed by atoms with Crippen molar-refractivity contribution in [3.8, 4) is 0 Å². The van der Waals surface area contributed by atoms with E-state index in [-0.39, 0.29) is 5.91 Å². The van der Waals surface area contributed by atoms with Crippen LogP contribution in [0.15, 0.2) is 18.7 Å². The standard InChI is InChI=1S/C13H16N2O/c1-4-10-5-9(7-14-2)6-11-12(10)8-15(3)13(11)16/h4-6,14H,1,7-8H2,2-3H3. The third-order valence-electron chi connectivity index (χ3n) is 2.92. The van der Waals surface area contributed by atoms with E-state index in [2.05, 4.69) is 18.0 Å². The predicted molar refractivity (Wildman–Crippen MR) is 65.1 cm³/mol. The number of carbonyl (C=O) groups is 1. The summed E-state index contributed by atoms with van der Waals surface area (Å²) in [4.78, 5) is 13.6. The highest BCUT2D eigenvalue weighted by molar-refractivity contribution is 5.99. The first-order valence-electron chi connectivity index (χ1n) is 5.35. The molecule has 1 aromatic rings. The summed E-state index contributed by atoms with van der Waals surface area (Å²) in [5.41, 5.74) is 4.12. The van der Waals surface area contributed by atoms with Gasteiger partial charge in [0.2, 0.25) is 0 Å². The second-order valence-corrected chi connectivity index (χ2v) is 4.11. The topological polar surface area (TPSA) is 32.3 Å². The molecule has 1 aliphatic heterocycles. The van der Waals surface area contributed by atoms with Crippen LogP contribution in [-0.2, 0) is 13.1 Å². The molecule has 16 heavy (non-hydrogen) atoms. The van der Waals surface area contributed by atoms with E-state index in [1.165, 1.54) is 0 Å². The van der Waals surface area contributed by atoms with E-state index in [9.17, 15) is 4.79 Å². The Morgan fingerprint density at radius 1 is 1.56 bits per heavy atom. The van der Waals surface area contributed by atoms with E-state index in [1.807, 2.05) is 26.2 Å². The van der Waals surface area contributed by atoms with Crippen LogP contribution in [-0.4, -0.2) is 24.9 Å². The maximum atomic E-state index is 11.9. The summed E-state index contributed by atoms with van der Waals surface area (Å²) in [7, 11) is 3.72. The molecule has 1 heterocycles. The van der Waals surface area contributed by atoms with Crippen LogP contribution in [0, 0.1) is 0 Å². The Morgan fingerprint density at radius 2 is 2.31 bits per heavy atom. The monoisotopic (exact) mass is 216 g/mol. The van der Waals surface area contributed by atoms with Crippen LogP contribution in [0.1, 0.15) is 27.0 Å². The largest absolute Gasteiger partial charge is 0.337 e. The van der Waals surface area contributed by atoms with Gasteiger partial charge < -0.3 is 10.2 Å². The van der Waals surface area contributed by atoms with Gasteiger partial charge in [0.25, 0.3) is 5.91 Å². The number of amides is 1. The smallest absolute Gasteiger partial charge is 0.254 e. The SMILES string of the molecule is C=Cc1cc(CNC)cc2c1CN(C)C2=O. The lowest BCUT2D eigenvalue weighted by molar-refractivity contribution is 0.0816. The van der Waals surface area contributed by atoms with Crippen LogP contribution in [0.3, 0.4) is 0 Å². The van der Waals surface area contributed by atoms with Gasteiger partial charge in [0.1, 0.15) is 0 Å². The Morgan fingerprint density at radius 3 is 2.94 bits per heavy atom. The molecule has 0 atom stereocenters. The molecule has 3 heteroatoms. The van der Waals surface area contributed by atoms with Crippen molar-refractivity contribution in [2.75, 3.05) is 14.1 Å². The van der Waals surface area contributed by atoms with Crippen LogP contribution in [0.25, 0.3) is 6.08 Å². The molecule has 1 N–H and O–H groups in total. The molecule has 0 fully saturated rings. The zero-order valence-electron chi connectivity index (χ0n) is 9.71. The minimum atomic E-state index is 0.107. The maximum Gasteiger partial charge on any atom is 0.254 e. The Labute approximate surface area is 95.8 Å². The third-order valence-corrected chi connectivity index (χ3v) is 2.92. The van der Waals surface area contributed by atoms with Gasteiger partial charge in [-0.25, -0.2) is 0 Å². The van der Waals surface area contributed by atoms with Gasteiger partial charge in [0.05, 0.1) is 0 Å². The summed E-state index contributed by atoms with van der Waals surface area (Å²) in [5.74, 6) is 0.107. The second kappa shape index (κ2) is 4.10. The van der Waals surface area contributed by atoms with Gasteiger partial charge in [-0.1, -0.05) is 18.7 Å². The molecule has 3 nitrogen and oxygen atoms in total. The number of carbonyl (C=O) groups excluding carboxylic acids is 1. The molecule has 1 amide bonds. The summed E-state index contributed by atoms with van der Waals surface area (Å²) in [6.45, 7) is 5.27. The molecule has 0 aromatic heterocycles. The number of nitrogens with one attached hydrogen (secondary N) is 1. The molecule has 0 saturated heterocycles. The first-order valence-corrected chi connectivity index (χ1v) is 5.35. The lowest BCUT2D eigenvalue weighted by Crippen LogP contribution is -2.17. The van der Waals surface area contributed by atoms with Crippen LogP contribution in [0.5, 0.6) is 0 Å². The molecule has 2 rings (SSSR count). The van der Waals surface area contributed by atoms with Crippen molar-refractivity contribution in [2.45, 2.75) is 13.1 Å². The van der Waals surface area contributed by atoms with Gasteiger partial charge >= 0.3 is 0 Å². The van der Waals surface area contributed by atoms with Crippen molar-refractivity contribution in [3.63, 3.8) is 0 Å². The first-order chi connectivity index (χ1) is 7.67. The maximum absolute atomic E-state index is 11.9.